The van der Waals surface area contributed by atoms with Gasteiger partial charge in [-0.3, -0.25) is 10.1 Å². The highest BCUT2D eigenvalue weighted by atomic mass is 32.2. The Hall–Kier alpha value is -2.80. The van der Waals surface area contributed by atoms with Crippen LogP contribution in [-0.2, 0) is 17.6 Å². The minimum Gasteiger partial charge on any atom is -0.497 e. The van der Waals surface area contributed by atoms with E-state index in [1.807, 2.05) is 36.0 Å². The Morgan fingerprint density at radius 2 is 1.93 bits per heavy atom. The smallest absolute Gasteiger partial charge is 0.322 e. The van der Waals surface area contributed by atoms with Crippen molar-refractivity contribution < 1.29 is 13.9 Å². The van der Waals surface area contributed by atoms with Gasteiger partial charge in [-0.25, -0.2) is 0 Å². The number of anilines is 1. The standard InChI is InChI=1S/C21H23N3O3S/c1-14(2)28-18-9-7-15(8-10-18)13-20-23-24-21(27-20)22-19(25)12-16-5-4-6-17(11-16)26-3/h4-11,14H,12-13H2,1-3H3,(H,22,24,25). The number of carbonyl (C=O) groups excluding carboxylic acids is 1. The quantitative estimate of drug-likeness (QED) is 0.570. The van der Waals surface area contributed by atoms with Crippen molar-refractivity contribution in [3.05, 3.63) is 65.5 Å². The first-order valence-electron chi connectivity index (χ1n) is 9.02. The second-order valence-corrected chi connectivity index (χ2v) is 8.21. The second kappa shape index (κ2) is 9.41. The number of benzene rings is 2. The summed E-state index contributed by atoms with van der Waals surface area (Å²) in [7, 11) is 1.59. The molecule has 0 atom stereocenters. The highest BCUT2D eigenvalue weighted by molar-refractivity contribution is 7.99. The zero-order chi connectivity index (χ0) is 19.9. The van der Waals surface area contributed by atoms with E-state index in [1.54, 1.807) is 7.11 Å². The molecule has 3 aromatic rings. The normalized spacial score (nSPS) is 10.9. The molecule has 0 aliphatic rings. The van der Waals surface area contributed by atoms with Crippen LogP contribution in [0.15, 0.2) is 57.8 Å². The summed E-state index contributed by atoms with van der Waals surface area (Å²) in [5.74, 6) is 0.947. The lowest BCUT2D eigenvalue weighted by Gasteiger charge is -2.05. The molecule has 6 nitrogen and oxygen atoms in total. The average Bonchev–Trinajstić information content (AvgIpc) is 3.09. The van der Waals surface area contributed by atoms with Crippen LogP contribution in [0.25, 0.3) is 0 Å². The molecule has 0 spiro atoms. The molecular formula is C21H23N3O3S. The van der Waals surface area contributed by atoms with E-state index in [9.17, 15) is 4.79 Å². The van der Waals surface area contributed by atoms with Gasteiger partial charge in [0.1, 0.15) is 5.75 Å². The van der Waals surface area contributed by atoms with Gasteiger partial charge in [-0.05, 0) is 35.4 Å². The summed E-state index contributed by atoms with van der Waals surface area (Å²) in [5.41, 5.74) is 1.92. The van der Waals surface area contributed by atoms with Crippen LogP contribution in [0.4, 0.5) is 6.01 Å². The summed E-state index contributed by atoms with van der Waals surface area (Å²) >= 11 is 1.82. The van der Waals surface area contributed by atoms with Crippen molar-refractivity contribution in [2.24, 2.45) is 0 Å². The maximum Gasteiger partial charge on any atom is 0.322 e. The van der Waals surface area contributed by atoms with Gasteiger partial charge in [-0.15, -0.1) is 16.9 Å². The van der Waals surface area contributed by atoms with E-state index in [2.05, 4.69) is 53.6 Å². The zero-order valence-corrected chi connectivity index (χ0v) is 17.0. The fourth-order valence-electron chi connectivity index (χ4n) is 2.64. The molecule has 0 saturated heterocycles. The van der Waals surface area contributed by atoms with E-state index < -0.39 is 0 Å². The fourth-order valence-corrected chi connectivity index (χ4v) is 3.48. The van der Waals surface area contributed by atoms with Gasteiger partial charge in [0.2, 0.25) is 11.8 Å². The third kappa shape index (κ3) is 5.85. The molecule has 7 heteroatoms. The molecule has 1 aromatic heterocycles. The topological polar surface area (TPSA) is 77.2 Å². The maximum absolute atomic E-state index is 12.2. The summed E-state index contributed by atoms with van der Waals surface area (Å²) < 4.78 is 10.7. The number of aromatic nitrogens is 2. The number of nitrogens with one attached hydrogen (secondary N) is 1. The number of hydrogen-bond acceptors (Lipinski definition) is 6. The Labute approximate surface area is 168 Å². The van der Waals surface area contributed by atoms with Gasteiger partial charge in [0.05, 0.1) is 20.0 Å². The lowest BCUT2D eigenvalue weighted by Crippen LogP contribution is -2.14. The van der Waals surface area contributed by atoms with Gasteiger partial charge in [0, 0.05) is 10.1 Å². The van der Waals surface area contributed by atoms with Crippen LogP contribution < -0.4 is 10.1 Å². The number of hydrogen-bond donors (Lipinski definition) is 1. The van der Waals surface area contributed by atoms with Crippen LogP contribution >= 0.6 is 11.8 Å². The van der Waals surface area contributed by atoms with Crippen molar-refractivity contribution >= 4 is 23.7 Å². The van der Waals surface area contributed by atoms with Gasteiger partial charge < -0.3 is 9.15 Å². The predicted molar refractivity (Wildman–Crippen MR) is 110 cm³/mol. The van der Waals surface area contributed by atoms with Gasteiger partial charge >= 0.3 is 6.01 Å². The number of thioether (sulfide) groups is 1. The molecule has 28 heavy (non-hydrogen) atoms. The SMILES string of the molecule is COc1cccc(CC(=O)Nc2nnc(Cc3ccc(SC(C)C)cc3)o2)c1. The Bertz CT molecular complexity index is 923. The number of nitrogens with zero attached hydrogens (tertiary/aromatic N) is 2. The number of carbonyl (C=O) groups is 1. The van der Waals surface area contributed by atoms with Crippen LogP contribution in [0.3, 0.4) is 0 Å². The third-order valence-electron chi connectivity index (χ3n) is 3.86. The molecule has 0 aliphatic heterocycles. The fraction of sp³-hybridized carbons (Fsp3) is 0.286. The molecular weight excluding hydrogens is 374 g/mol. The average molecular weight is 398 g/mol. The van der Waals surface area contributed by atoms with E-state index >= 15 is 0 Å². The Balaban J connectivity index is 1.55. The first-order valence-corrected chi connectivity index (χ1v) is 9.90. The molecule has 2 aromatic carbocycles. The summed E-state index contributed by atoms with van der Waals surface area (Å²) in [5, 5.41) is 11.1. The van der Waals surface area contributed by atoms with Crippen LogP contribution in [0.2, 0.25) is 0 Å². The van der Waals surface area contributed by atoms with E-state index in [4.69, 9.17) is 9.15 Å². The Morgan fingerprint density at radius 3 is 2.64 bits per heavy atom. The van der Waals surface area contributed by atoms with Crippen molar-refractivity contribution in [2.75, 3.05) is 12.4 Å². The summed E-state index contributed by atoms with van der Waals surface area (Å²) in [4.78, 5) is 13.4. The highest BCUT2D eigenvalue weighted by Crippen LogP contribution is 2.23. The number of rotatable bonds is 8. The van der Waals surface area contributed by atoms with Crippen molar-refractivity contribution in [3.63, 3.8) is 0 Å². The molecule has 0 aliphatic carbocycles. The summed E-state index contributed by atoms with van der Waals surface area (Å²) in [6, 6.07) is 15.8. The van der Waals surface area contributed by atoms with Gasteiger partial charge in [-0.2, -0.15) is 0 Å². The number of ether oxygens (including phenoxy) is 1. The molecule has 0 fully saturated rings. The lowest BCUT2D eigenvalue weighted by molar-refractivity contribution is -0.115. The minimum atomic E-state index is -0.224. The van der Waals surface area contributed by atoms with Crippen LogP contribution in [-0.4, -0.2) is 28.5 Å². The van der Waals surface area contributed by atoms with Crippen molar-refractivity contribution in [1.82, 2.24) is 10.2 Å². The van der Waals surface area contributed by atoms with E-state index in [-0.39, 0.29) is 18.3 Å². The van der Waals surface area contributed by atoms with E-state index in [1.165, 1.54) is 4.90 Å². The first-order chi connectivity index (χ1) is 13.5. The molecule has 1 heterocycles. The summed E-state index contributed by atoms with van der Waals surface area (Å²) in [6.07, 6.45) is 0.718. The monoisotopic (exact) mass is 397 g/mol. The lowest BCUT2D eigenvalue weighted by atomic mass is 10.1. The van der Waals surface area contributed by atoms with Crippen LogP contribution in [0.5, 0.6) is 5.75 Å². The molecule has 0 radical (unpaired) electrons. The Kier molecular flexibility index (Phi) is 6.71. The van der Waals surface area contributed by atoms with Crippen molar-refractivity contribution in [3.8, 4) is 5.75 Å². The zero-order valence-electron chi connectivity index (χ0n) is 16.1. The minimum absolute atomic E-state index is 0.106. The predicted octanol–water partition coefficient (Wildman–Crippen LogP) is 4.35. The molecule has 1 N–H and O–H groups in total. The number of amides is 1. The molecule has 0 saturated carbocycles. The van der Waals surface area contributed by atoms with Crippen molar-refractivity contribution in [1.29, 1.82) is 0 Å². The maximum atomic E-state index is 12.2. The Morgan fingerprint density at radius 1 is 1.14 bits per heavy atom. The molecule has 146 valence electrons. The molecule has 0 bridgehead atoms. The van der Waals surface area contributed by atoms with E-state index in [0.29, 0.717) is 23.3 Å². The largest absolute Gasteiger partial charge is 0.497 e. The molecule has 0 unspecified atom stereocenters. The second-order valence-electron chi connectivity index (χ2n) is 6.56. The van der Waals surface area contributed by atoms with Crippen LogP contribution in [0.1, 0.15) is 30.9 Å². The summed E-state index contributed by atoms with van der Waals surface area (Å²) in [6.45, 7) is 4.34. The molecule has 3 rings (SSSR count). The van der Waals surface area contributed by atoms with Gasteiger partial charge in [0.15, 0.2) is 0 Å². The van der Waals surface area contributed by atoms with Gasteiger partial charge in [-0.1, -0.05) is 43.2 Å². The highest BCUT2D eigenvalue weighted by Gasteiger charge is 2.11. The van der Waals surface area contributed by atoms with Gasteiger partial charge in [0.25, 0.3) is 0 Å². The van der Waals surface area contributed by atoms with E-state index in [0.717, 1.165) is 11.1 Å². The third-order valence-corrected chi connectivity index (χ3v) is 4.88. The van der Waals surface area contributed by atoms with Crippen LogP contribution in [0, 0.1) is 0 Å². The first kappa shape index (κ1) is 19.9. The molecule has 1 amide bonds. The number of methoxy groups -OCH3 is 1. The van der Waals surface area contributed by atoms with Crippen molar-refractivity contribution in [2.45, 2.75) is 36.8 Å².